The van der Waals surface area contributed by atoms with Crippen LogP contribution in [0, 0.1) is 6.92 Å². The predicted molar refractivity (Wildman–Crippen MR) is 96.2 cm³/mol. The van der Waals surface area contributed by atoms with Gasteiger partial charge in [0.05, 0.1) is 17.5 Å². The van der Waals surface area contributed by atoms with Crippen molar-refractivity contribution in [2.75, 3.05) is 13.2 Å². The maximum absolute atomic E-state index is 13.1. The van der Waals surface area contributed by atoms with E-state index in [4.69, 9.17) is 0 Å². The van der Waals surface area contributed by atoms with Crippen LogP contribution in [0.15, 0.2) is 71.6 Å². The van der Waals surface area contributed by atoms with Gasteiger partial charge >= 0.3 is 0 Å². The molecule has 0 bridgehead atoms. The van der Waals surface area contributed by atoms with Crippen molar-refractivity contribution < 1.29 is 13.5 Å². The Balaban J connectivity index is 2.50. The first-order valence-corrected chi connectivity index (χ1v) is 9.19. The lowest BCUT2D eigenvalue weighted by Crippen LogP contribution is -2.37. The van der Waals surface area contributed by atoms with Gasteiger partial charge in [-0.25, -0.2) is 8.42 Å². The molecule has 0 saturated carbocycles. The molecule has 0 radical (unpaired) electrons. The maximum Gasteiger partial charge on any atom is 0.244 e. The van der Waals surface area contributed by atoms with E-state index in [1.54, 1.807) is 31.2 Å². The van der Waals surface area contributed by atoms with Gasteiger partial charge in [-0.3, -0.25) is 0 Å². The highest BCUT2D eigenvalue weighted by atomic mass is 32.2. The lowest BCUT2D eigenvalue weighted by Gasteiger charge is -2.30. The Hall–Kier alpha value is -1.95. The number of hydrogen-bond donors (Lipinski definition) is 1. The van der Waals surface area contributed by atoms with E-state index < -0.39 is 16.1 Å². The van der Waals surface area contributed by atoms with Crippen LogP contribution in [0.5, 0.6) is 0 Å². The molecule has 24 heavy (non-hydrogen) atoms. The van der Waals surface area contributed by atoms with Gasteiger partial charge in [0.25, 0.3) is 0 Å². The minimum Gasteiger partial charge on any atom is -0.394 e. The second kappa shape index (κ2) is 7.75. The molecule has 128 valence electrons. The van der Waals surface area contributed by atoms with Crippen LogP contribution in [-0.4, -0.2) is 31.0 Å². The Bertz CT molecular complexity index is 783. The van der Waals surface area contributed by atoms with Crippen LogP contribution in [0.3, 0.4) is 0 Å². The first-order chi connectivity index (χ1) is 11.4. The van der Waals surface area contributed by atoms with Crippen molar-refractivity contribution in [1.29, 1.82) is 0 Å². The average molecular weight is 345 g/mol. The minimum atomic E-state index is -3.76. The van der Waals surface area contributed by atoms with E-state index >= 15 is 0 Å². The minimum absolute atomic E-state index is 0.149. The highest BCUT2D eigenvalue weighted by Gasteiger charge is 2.32. The fourth-order valence-electron chi connectivity index (χ4n) is 2.51. The van der Waals surface area contributed by atoms with Crippen molar-refractivity contribution in [1.82, 2.24) is 4.31 Å². The van der Waals surface area contributed by atoms with Gasteiger partial charge in [-0.1, -0.05) is 60.2 Å². The van der Waals surface area contributed by atoms with Crippen LogP contribution in [0.25, 0.3) is 0 Å². The number of nitrogens with zero attached hydrogens (tertiary/aromatic N) is 1. The summed E-state index contributed by atoms with van der Waals surface area (Å²) in [5.74, 6) is 0. The van der Waals surface area contributed by atoms with Crippen molar-refractivity contribution in [3.8, 4) is 0 Å². The molecule has 0 aliphatic heterocycles. The van der Waals surface area contributed by atoms with Crippen molar-refractivity contribution in [2.45, 2.75) is 24.8 Å². The number of hydrogen-bond acceptors (Lipinski definition) is 3. The standard InChI is InChI=1S/C19H23NO3S/c1-15(2)13-20(19(14-21)17-7-5-4-6-8-17)24(22,23)18-11-9-16(3)10-12-18/h4-12,19,21H,1,13-14H2,2-3H3. The highest BCUT2D eigenvalue weighted by molar-refractivity contribution is 7.89. The molecule has 2 aromatic carbocycles. The molecular formula is C19H23NO3S. The third-order valence-corrected chi connectivity index (χ3v) is 5.63. The van der Waals surface area contributed by atoms with Gasteiger partial charge in [0.1, 0.15) is 0 Å². The van der Waals surface area contributed by atoms with Crippen LogP contribution < -0.4 is 0 Å². The van der Waals surface area contributed by atoms with Crippen LogP contribution >= 0.6 is 0 Å². The third kappa shape index (κ3) is 4.12. The third-order valence-electron chi connectivity index (χ3n) is 3.76. The molecule has 0 fully saturated rings. The SMILES string of the molecule is C=C(C)CN(C(CO)c1ccccc1)S(=O)(=O)c1ccc(C)cc1. The van der Waals surface area contributed by atoms with E-state index in [-0.39, 0.29) is 18.0 Å². The van der Waals surface area contributed by atoms with Crippen molar-refractivity contribution >= 4 is 10.0 Å². The lowest BCUT2D eigenvalue weighted by molar-refractivity contribution is 0.194. The van der Waals surface area contributed by atoms with Gasteiger partial charge in [0.15, 0.2) is 0 Å². The number of aryl methyl sites for hydroxylation is 1. The Morgan fingerprint density at radius 1 is 1.12 bits per heavy atom. The van der Waals surface area contributed by atoms with Crippen molar-refractivity contribution in [3.63, 3.8) is 0 Å². The summed E-state index contributed by atoms with van der Waals surface area (Å²) in [4.78, 5) is 0.212. The van der Waals surface area contributed by atoms with Gasteiger partial charge in [0, 0.05) is 6.54 Å². The van der Waals surface area contributed by atoms with E-state index in [1.807, 2.05) is 37.3 Å². The molecule has 0 spiro atoms. The van der Waals surface area contributed by atoms with E-state index in [0.29, 0.717) is 5.57 Å². The molecule has 0 aliphatic carbocycles. The Morgan fingerprint density at radius 2 is 1.71 bits per heavy atom. The number of benzene rings is 2. The van der Waals surface area contributed by atoms with E-state index in [9.17, 15) is 13.5 Å². The monoisotopic (exact) mass is 345 g/mol. The van der Waals surface area contributed by atoms with Gasteiger partial charge < -0.3 is 5.11 Å². The van der Waals surface area contributed by atoms with E-state index in [2.05, 4.69) is 6.58 Å². The van der Waals surface area contributed by atoms with Gasteiger partial charge in [-0.05, 0) is 31.5 Å². The molecule has 2 aromatic rings. The maximum atomic E-state index is 13.1. The Morgan fingerprint density at radius 3 is 2.21 bits per heavy atom. The first-order valence-electron chi connectivity index (χ1n) is 7.75. The topological polar surface area (TPSA) is 57.6 Å². The first kappa shape index (κ1) is 18.4. The summed E-state index contributed by atoms with van der Waals surface area (Å²) in [6, 6.07) is 15.2. The molecule has 0 aromatic heterocycles. The molecule has 1 N–H and O–H groups in total. The fraction of sp³-hybridized carbons (Fsp3) is 0.263. The zero-order valence-corrected chi connectivity index (χ0v) is 14.8. The number of aliphatic hydroxyl groups is 1. The summed E-state index contributed by atoms with van der Waals surface area (Å²) in [5.41, 5.74) is 2.44. The largest absolute Gasteiger partial charge is 0.394 e. The summed E-state index contributed by atoms with van der Waals surface area (Å²) >= 11 is 0. The summed E-state index contributed by atoms with van der Waals surface area (Å²) in [6.45, 7) is 7.36. The van der Waals surface area contributed by atoms with Crippen molar-refractivity contribution in [3.05, 3.63) is 77.9 Å². The van der Waals surface area contributed by atoms with Crippen LogP contribution in [0.2, 0.25) is 0 Å². The predicted octanol–water partition coefficient (Wildman–Crippen LogP) is 3.30. The quantitative estimate of drug-likeness (QED) is 0.784. The summed E-state index contributed by atoms with van der Waals surface area (Å²) < 4.78 is 27.6. The molecular weight excluding hydrogens is 322 g/mol. The van der Waals surface area contributed by atoms with Crippen molar-refractivity contribution in [2.24, 2.45) is 0 Å². The number of aliphatic hydroxyl groups excluding tert-OH is 1. The summed E-state index contributed by atoms with van der Waals surface area (Å²) in [6.07, 6.45) is 0. The number of sulfonamides is 1. The molecule has 0 aliphatic rings. The molecule has 1 unspecified atom stereocenters. The lowest BCUT2D eigenvalue weighted by atomic mass is 10.1. The summed E-state index contributed by atoms with van der Waals surface area (Å²) in [5, 5.41) is 9.88. The Labute approximate surface area is 144 Å². The zero-order chi connectivity index (χ0) is 17.7. The number of rotatable bonds is 7. The Kier molecular flexibility index (Phi) is 5.94. The molecule has 0 amide bonds. The van der Waals surface area contributed by atoms with Crippen LogP contribution in [0.4, 0.5) is 0 Å². The van der Waals surface area contributed by atoms with Gasteiger partial charge in [0.2, 0.25) is 10.0 Å². The fourth-order valence-corrected chi connectivity index (χ4v) is 4.18. The normalized spacial score (nSPS) is 13.0. The second-order valence-corrected chi connectivity index (χ2v) is 7.82. The highest BCUT2D eigenvalue weighted by Crippen LogP contribution is 2.28. The van der Waals surface area contributed by atoms with Gasteiger partial charge in [-0.15, -0.1) is 0 Å². The molecule has 0 heterocycles. The average Bonchev–Trinajstić information content (AvgIpc) is 2.55. The van der Waals surface area contributed by atoms with Crippen LogP contribution in [0.1, 0.15) is 24.1 Å². The molecule has 4 nitrogen and oxygen atoms in total. The molecule has 2 rings (SSSR count). The van der Waals surface area contributed by atoms with E-state index in [0.717, 1.165) is 11.1 Å². The van der Waals surface area contributed by atoms with Crippen LogP contribution in [-0.2, 0) is 10.0 Å². The second-order valence-electron chi connectivity index (χ2n) is 5.93. The smallest absolute Gasteiger partial charge is 0.244 e. The molecule has 5 heteroatoms. The summed E-state index contributed by atoms with van der Waals surface area (Å²) in [7, 11) is -3.76. The zero-order valence-electron chi connectivity index (χ0n) is 14.0. The van der Waals surface area contributed by atoms with Gasteiger partial charge in [-0.2, -0.15) is 4.31 Å². The van der Waals surface area contributed by atoms with E-state index in [1.165, 1.54) is 4.31 Å². The molecule has 0 saturated heterocycles. The molecule has 1 atom stereocenters.